The fourth-order valence-corrected chi connectivity index (χ4v) is 5.34. The summed E-state index contributed by atoms with van der Waals surface area (Å²) in [5.74, 6) is 1.80. The van der Waals surface area contributed by atoms with Gasteiger partial charge in [0, 0.05) is 5.56 Å². The van der Waals surface area contributed by atoms with Crippen molar-refractivity contribution in [3.8, 4) is 23.0 Å². The van der Waals surface area contributed by atoms with Crippen LogP contribution in [0.1, 0.15) is 31.0 Å². The summed E-state index contributed by atoms with van der Waals surface area (Å²) < 4.78 is 29.2. The number of thiazole rings is 1. The Morgan fingerprint density at radius 2 is 1.97 bits per heavy atom. The van der Waals surface area contributed by atoms with Crippen molar-refractivity contribution in [3.05, 3.63) is 78.5 Å². The van der Waals surface area contributed by atoms with Gasteiger partial charge in [-0.3, -0.25) is 9.36 Å². The van der Waals surface area contributed by atoms with E-state index in [2.05, 4.69) is 4.99 Å². The first-order valence-corrected chi connectivity index (χ1v) is 12.1. The Bertz CT molecular complexity index is 1570. The van der Waals surface area contributed by atoms with E-state index in [-0.39, 0.29) is 24.5 Å². The molecule has 9 nitrogen and oxygen atoms in total. The Labute approximate surface area is 210 Å². The molecule has 0 bridgehead atoms. The predicted molar refractivity (Wildman–Crippen MR) is 133 cm³/mol. The van der Waals surface area contributed by atoms with Gasteiger partial charge in [0.25, 0.3) is 5.56 Å². The maximum atomic E-state index is 13.8. The zero-order valence-corrected chi connectivity index (χ0v) is 21.0. The number of methoxy groups -OCH3 is 2. The molecule has 10 heteroatoms. The van der Waals surface area contributed by atoms with Gasteiger partial charge in [-0.2, -0.15) is 0 Å². The number of benzene rings is 2. The number of esters is 1. The fraction of sp³-hybridized carbons (Fsp3) is 0.269. The van der Waals surface area contributed by atoms with Crippen LogP contribution < -0.4 is 33.8 Å². The molecule has 0 fully saturated rings. The second-order valence-corrected chi connectivity index (χ2v) is 9.03. The van der Waals surface area contributed by atoms with E-state index in [9.17, 15) is 9.59 Å². The minimum absolute atomic E-state index is 0.166. The average Bonchev–Trinajstić information content (AvgIpc) is 3.46. The van der Waals surface area contributed by atoms with E-state index in [1.54, 1.807) is 51.3 Å². The van der Waals surface area contributed by atoms with E-state index in [0.717, 1.165) is 5.56 Å². The Morgan fingerprint density at radius 1 is 1.17 bits per heavy atom. The molecule has 1 atom stereocenters. The summed E-state index contributed by atoms with van der Waals surface area (Å²) in [6.45, 7) is 3.82. The standard InChI is InChI=1S/C26H24N2O7S/c1-5-33-25(30)22-14(2)27-26-28(23(22)17-12-16(31-3)7-9-18(17)32-4)24(29)21(36-26)11-15-6-8-19-20(10-15)35-13-34-19/h6-12,23H,5,13H2,1-4H3/b21-11+. The number of hydrogen-bond acceptors (Lipinski definition) is 9. The maximum absolute atomic E-state index is 13.8. The molecule has 3 heterocycles. The molecule has 3 aromatic rings. The van der Waals surface area contributed by atoms with E-state index in [1.807, 2.05) is 12.1 Å². The van der Waals surface area contributed by atoms with E-state index in [0.29, 0.717) is 43.6 Å². The molecule has 2 aliphatic heterocycles. The topological polar surface area (TPSA) is 97.6 Å². The number of fused-ring (bicyclic) bond motifs is 2. The third-order valence-electron chi connectivity index (χ3n) is 5.94. The second-order valence-electron chi connectivity index (χ2n) is 8.02. The minimum Gasteiger partial charge on any atom is -0.497 e. The highest BCUT2D eigenvalue weighted by molar-refractivity contribution is 7.07. The lowest BCUT2D eigenvalue weighted by molar-refractivity contribution is -0.139. The number of carbonyl (C=O) groups excluding carboxylic acids is 1. The van der Waals surface area contributed by atoms with Crippen LogP contribution in [-0.4, -0.2) is 38.2 Å². The molecule has 0 radical (unpaired) electrons. The van der Waals surface area contributed by atoms with Crippen LogP contribution in [0.5, 0.6) is 23.0 Å². The van der Waals surface area contributed by atoms with Crippen molar-refractivity contribution < 1.29 is 28.5 Å². The van der Waals surface area contributed by atoms with Crippen LogP contribution in [0.3, 0.4) is 0 Å². The highest BCUT2D eigenvalue weighted by Gasteiger charge is 2.35. The smallest absolute Gasteiger partial charge is 0.338 e. The SMILES string of the molecule is CCOC(=O)C1=C(C)N=c2s/c(=C/c3ccc4c(c3)OCO4)c(=O)n2C1c1cc(OC)ccc1OC. The fourth-order valence-electron chi connectivity index (χ4n) is 4.29. The number of hydrogen-bond donors (Lipinski definition) is 0. The summed E-state index contributed by atoms with van der Waals surface area (Å²) >= 11 is 1.24. The van der Waals surface area contributed by atoms with Crippen LogP contribution >= 0.6 is 11.3 Å². The number of allylic oxidation sites excluding steroid dienone is 1. The monoisotopic (exact) mass is 508 g/mol. The van der Waals surface area contributed by atoms with Crippen LogP contribution in [0.25, 0.3) is 6.08 Å². The number of carbonyl (C=O) groups is 1. The van der Waals surface area contributed by atoms with Gasteiger partial charge in [-0.15, -0.1) is 0 Å². The number of nitrogens with zero attached hydrogens (tertiary/aromatic N) is 2. The van der Waals surface area contributed by atoms with Gasteiger partial charge in [0.1, 0.15) is 17.5 Å². The summed E-state index contributed by atoms with van der Waals surface area (Å²) in [6.07, 6.45) is 1.77. The van der Waals surface area contributed by atoms with Gasteiger partial charge in [-0.25, -0.2) is 9.79 Å². The molecule has 2 aliphatic rings. The number of aromatic nitrogens is 1. The number of rotatable bonds is 6. The largest absolute Gasteiger partial charge is 0.497 e. The van der Waals surface area contributed by atoms with Gasteiger partial charge in [-0.1, -0.05) is 17.4 Å². The molecule has 0 spiro atoms. The zero-order valence-electron chi connectivity index (χ0n) is 20.2. The van der Waals surface area contributed by atoms with Crippen molar-refractivity contribution in [1.29, 1.82) is 0 Å². The molecule has 0 saturated heterocycles. The van der Waals surface area contributed by atoms with Crippen LogP contribution in [0.2, 0.25) is 0 Å². The molecule has 0 amide bonds. The molecule has 36 heavy (non-hydrogen) atoms. The zero-order chi connectivity index (χ0) is 25.4. The number of ether oxygens (including phenoxy) is 5. The summed E-state index contributed by atoms with van der Waals surface area (Å²) in [5.41, 5.74) is 1.82. The first kappa shape index (κ1) is 23.7. The molecule has 2 aromatic carbocycles. The maximum Gasteiger partial charge on any atom is 0.338 e. The van der Waals surface area contributed by atoms with Gasteiger partial charge >= 0.3 is 5.97 Å². The predicted octanol–water partition coefficient (Wildman–Crippen LogP) is 2.54. The van der Waals surface area contributed by atoms with E-state index >= 15 is 0 Å². The lowest BCUT2D eigenvalue weighted by atomic mass is 9.94. The third kappa shape index (κ3) is 4.03. The quantitative estimate of drug-likeness (QED) is 0.472. The second kappa shape index (κ2) is 9.54. The van der Waals surface area contributed by atoms with Crippen molar-refractivity contribution in [2.24, 2.45) is 4.99 Å². The van der Waals surface area contributed by atoms with Gasteiger partial charge in [-0.05, 0) is 55.8 Å². The van der Waals surface area contributed by atoms with Crippen molar-refractivity contribution in [2.45, 2.75) is 19.9 Å². The van der Waals surface area contributed by atoms with E-state index in [1.165, 1.54) is 23.0 Å². The average molecular weight is 509 g/mol. The van der Waals surface area contributed by atoms with Crippen molar-refractivity contribution in [2.75, 3.05) is 27.6 Å². The molecule has 0 N–H and O–H groups in total. The van der Waals surface area contributed by atoms with Crippen LogP contribution in [0, 0.1) is 0 Å². The normalized spacial score (nSPS) is 16.4. The summed E-state index contributed by atoms with van der Waals surface area (Å²) in [6, 6.07) is 9.92. The van der Waals surface area contributed by atoms with Crippen LogP contribution in [0.15, 0.2) is 57.5 Å². The van der Waals surface area contributed by atoms with E-state index < -0.39 is 12.0 Å². The van der Waals surface area contributed by atoms with Gasteiger partial charge in [0.2, 0.25) is 6.79 Å². The molecule has 186 valence electrons. The Balaban J connectivity index is 1.74. The molecular weight excluding hydrogens is 484 g/mol. The lowest BCUT2D eigenvalue weighted by Crippen LogP contribution is -2.40. The molecule has 0 aliphatic carbocycles. The first-order valence-electron chi connectivity index (χ1n) is 11.3. The Morgan fingerprint density at radius 3 is 2.72 bits per heavy atom. The van der Waals surface area contributed by atoms with Gasteiger partial charge in [0.05, 0.1) is 36.6 Å². The molecule has 1 aromatic heterocycles. The van der Waals surface area contributed by atoms with Crippen LogP contribution in [-0.2, 0) is 9.53 Å². The summed E-state index contributed by atoms with van der Waals surface area (Å²) in [5, 5.41) is 0. The molecule has 0 saturated carbocycles. The first-order chi connectivity index (χ1) is 17.4. The third-order valence-corrected chi connectivity index (χ3v) is 6.93. The highest BCUT2D eigenvalue weighted by atomic mass is 32.1. The van der Waals surface area contributed by atoms with Crippen LogP contribution in [0.4, 0.5) is 0 Å². The van der Waals surface area contributed by atoms with Crippen molar-refractivity contribution in [3.63, 3.8) is 0 Å². The van der Waals surface area contributed by atoms with E-state index in [4.69, 9.17) is 23.7 Å². The Kier molecular flexibility index (Phi) is 6.27. The van der Waals surface area contributed by atoms with Gasteiger partial charge in [0.15, 0.2) is 16.3 Å². The minimum atomic E-state index is -0.816. The summed E-state index contributed by atoms with van der Waals surface area (Å²) in [4.78, 5) is 32.0. The van der Waals surface area contributed by atoms with Crippen molar-refractivity contribution >= 4 is 23.4 Å². The molecule has 5 rings (SSSR count). The van der Waals surface area contributed by atoms with Gasteiger partial charge < -0.3 is 23.7 Å². The Hall–Kier alpha value is -4.05. The molecule has 1 unspecified atom stereocenters. The van der Waals surface area contributed by atoms with Crippen molar-refractivity contribution in [1.82, 2.24) is 4.57 Å². The molecular formula is C26H24N2O7S. The lowest BCUT2D eigenvalue weighted by Gasteiger charge is -2.26. The summed E-state index contributed by atoms with van der Waals surface area (Å²) in [7, 11) is 3.09. The highest BCUT2D eigenvalue weighted by Crippen LogP contribution is 2.38.